The fourth-order valence-electron chi connectivity index (χ4n) is 3.05. The number of carboxylic acid groups (broad SMARTS) is 1. The fourth-order valence-corrected chi connectivity index (χ4v) is 3.05. The second-order valence-electron chi connectivity index (χ2n) is 5.05. The fraction of sp³-hybridized carbons (Fsp3) is 0.692. The van der Waals surface area contributed by atoms with Crippen molar-refractivity contribution < 1.29 is 14.7 Å². The second-order valence-corrected chi connectivity index (χ2v) is 5.05. The van der Waals surface area contributed by atoms with Crippen molar-refractivity contribution in [3.8, 4) is 12.3 Å². The molecule has 4 unspecified atom stereocenters. The van der Waals surface area contributed by atoms with E-state index < -0.39 is 12.0 Å². The third-order valence-electron chi connectivity index (χ3n) is 3.97. The minimum absolute atomic E-state index is 0.0158. The van der Waals surface area contributed by atoms with Crippen LogP contribution in [-0.4, -0.2) is 35.6 Å². The van der Waals surface area contributed by atoms with Crippen LogP contribution in [0.1, 0.15) is 25.7 Å². The van der Waals surface area contributed by atoms with E-state index in [0.717, 1.165) is 25.8 Å². The van der Waals surface area contributed by atoms with Crippen molar-refractivity contribution in [3.05, 3.63) is 0 Å². The van der Waals surface area contributed by atoms with Crippen molar-refractivity contribution >= 4 is 11.9 Å². The van der Waals surface area contributed by atoms with Crippen molar-refractivity contribution in [2.45, 2.75) is 37.8 Å². The van der Waals surface area contributed by atoms with Crippen LogP contribution in [0, 0.1) is 24.2 Å². The first-order chi connectivity index (χ1) is 8.63. The van der Waals surface area contributed by atoms with Crippen LogP contribution in [0.15, 0.2) is 0 Å². The average Bonchev–Trinajstić information content (AvgIpc) is 2.89. The van der Waals surface area contributed by atoms with Crippen LogP contribution in [0.4, 0.5) is 0 Å². The summed E-state index contributed by atoms with van der Waals surface area (Å²) in [5.41, 5.74) is 0. The molecule has 1 heterocycles. The van der Waals surface area contributed by atoms with Gasteiger partial charge in [0.25, 0.3) is 0 Å². The van der Waals surface area contributed by atoms with Crippen LogP contribution >= 0.6 is 0 Å². The molecular formula is C13H18N2O3. The van der Waals surface area contributed by atoms with Crippen LogP contribution < -0.4 is 10.6 Å². The molecule has 0 aromatic carbocycles. The highest BCUT2D eigenvalue weighted by Crippen LogP contribution is 2.37. The first-order valence-electron chi connectivity index (χ1n) is 6.33. The van der Waals surface area contributed by atoms with E-state index in [1.807, 2.05) is 0 Å². The maximum absolute atomic E-state index is 12.1. The Kier molecular flexibility index (Phi) is 3.87. The highest BCUT2D eigenvalue weighted by molar-refractivity contribution is 5.87. The lowest BCUT2D eigenvalue weighted by atomic mass is 9.93. The average molecular weight is 250 g/mol. The molecule has 2 aliphatic rings. The van der Waals surface area contributed by atoms with Gasteiger partial charge in [0, 0.05) is 6.42 Å². The monoisotopic (exact) mass is 250 g/mol. The molecule has 18 heavy (non-hydrogen) atoms. The molecule has 0 radical (unpaired) electrons. The zero-order chi connectivity index (χ0) is 13.1. The molecule has 1 saturated carbocycles. The van der Waals surface area contributed by atoms with Gasteiger partial charge >= 0.3 is 5.97 Å². The van der Waals surface area contributed by atoms with Gasteiger partial charge in [-0.25, -0.2) is 4.79 Å². The molecular weight excluding hydrogens is 232 g/mol. The number of hydrogen-bond donors (Lipinski definition) is 3. The smallest absolute Gasteiger partial charge is 0.327 e. The SMILES string of the molecule is C#CCC(NC(=O)C1NCC2CCCC21)C(=O)O. The number of terminal acetylenes is 1. The molecule has 2 fully saturated rings. The second kappa shape index (κ2) is 5.40. The molecule has 5 heteroatoms. The summed E-state index contributed by atoms with van der Waals surface area (Å²) in [7, 11) is 0. The van der Waals surface area contributed by atoms with Crippen molar-refractivity contribution in [2.24, 2.45) is 11.8 Å². The Morgan fingerprint density at radius 1 is 1.50 bits per heavy atom. The Hall–Kier alpha value is -1.54. The summed E-state index contributed by atoms with van der Waals surface area (Å²) >= 11 is 0. The lowest BCUT2D eigenvalue weighted by Crippen LogP contribution is -2.50. The summed E-state index contributed by atoms with van der Waals surface area (Å²) in [5, 5.41) is 14.7. The van der Waals surface area contributed by atoms with Gasteiger partial charge in [-0.15, -0.1) is 12.3 Å². The van der Waals surface area contributed by atoms with Crippen LogP contribution in [0.3, 0.4) is 0 Å². The first-order valence-corrected chi connectivity index (χ1v) is 6.33. The number of carbonyl (C=O) groups excluding carboxylic acids is 1. The number of hydrogen-bond acceptors (Lipinski definition) is 3. The van der Waals surface area contributed by atoms with Gasteiger partial charge in [0.1, 0.15) is 6.04 Å². The minimum Gasteiger partial charge on any atom is -0.480 e. The summed E-state index contributed by atoms with van der Waals surface area (Å²) in [6.45, 7) is 0.857. The zero-order valence-corrected chi connectivity index (χ0v) is 10.2. The zero-order valence-electron chi connectivity index (χ0n) is 10.2. The van der Waals surface area contributed by atoms with Crippen LogP contribution in [0.2, 0.25) is 0 Å². The van der Waals surface area contributed by atoms with Gasteiger partial charge in [0.2, 0.25) is 5.91 Å². The number of rotatable bonds is 4. The van der Waals surface area contributed by atoms with Crippen molar-refractivity contribution in [3.63, 3.8) is 0 Å². The molecule has 0 aromatic heterocycles. The van der Waals surface area contributed by atoms with Gasteiger partial charge in [-0.1, -0.05) is 6.42 Å². The molecule has 5 nitrogen and oxygen atoms in total. The maximum atomic E-state index is 12.1. The maximum Gasteiger partial charge on any atom is 0.327 e. The first kappa shape index (κ1) is 12.9. The number of carbonyl (C=O) groups is 2. The quantitative estimate of drug-likeness (QED) is 0.612. The van der Waals surface area contributed by atoms with Crippen LogP contribution in [0.25, 0.3) is 0 Å². The van der Waals surface area contributed by atoms with Crippen molar-refractivity contribution in [1.29, 1.82) is 0 Å². The van der Waals surface area contributed by atoms with E-state index >= 15 is 0 Å². The van der Waals surface area contributed by atoms with Crippen molar-refractivity contribution in [2.75, 3.05) is 6.54 Å². The highest BCUT2D eigenvalue weighted by atomic mass is 16.4. The summed E-state index contributed by atoms with van der Waals surface area (Å²) < 4.78 is 0. The number of carboxylic acids is 1. The standard InChI is InChI=1S/C13H18N2O3/c1-2-4-10(13(17)18)15-12(16)11-9-6-3-5-8(9)7-14-11/h1,8-11,14H,3-7H2,(H,15,16)(H,17,18). The Labute approximate surface area is 106 Å². The van der Waals surface area contributed by atoms with Gasteiger partial charge in [0.15, 0.2) is 0 Å². The lowest BCUT2D eigenvalue weighted by Gasteiger charge is -2.20. The largest absolute Gasteiger partial charge is 0.480 e. The van der Waals surface area contributed by atoms with Gasteiger partial charge in [-0.3, -0.25) is 4.79 Å². The van der Waals surface area contributed by atoms with E-state index in [1.54, 1.807) is 0 Å². The summed E-state index contributed by atoms with van der Waals surface area (Å²) in [6.07, 6.45) is 8.48. The van der Waals surface area contributed by atoms with E-state index in [4.69, 9.17) is 11.5 Å². The normalized spacial score (nSPS) is 31.4. The van der Waals surface area contributed by atoms with E-state index in [0.29, 0.717) is 11.8 Å². The predicted molar refractivity (Wildman–Crippen MR) is 65.6 cm³/mol. The molecule has 0 spiro atoms. The lowest BCUT2D eigenvalue weighted by molar-refractivity contribution is -0.142. The van der Waals surface area contributed by atoms with Gasteiger partial charge in [-0.2, -0.15) is 0 Å². The molecule has 1 saturated heterocycles. The third-order valence-corrected chi connectivity index (χ3v) is 3.97. The van der Waals surface area contributed by atoms with Gasteiger partial charge in [-0.05, 0) is 31.2 Å². The molecule has 1 amide bonds. The van der Waals surface area contributed by atoms with E-state index in [1.165, 1.54) is 0 Å². The molecule has 1 aliphatic carbocycles. The highest BCUT2D eigenvalue weighted by Gasteiger charge is 2.42. The summed E-state index contributed by atoms with van der Waals surface area (Å²) in [6, 6.07) is -1.23. The number of fused-ring (bicyclic) bond motifs is 1. The molecule has 3 N–H and O–H groups in total. The minimum atomic E-state index is -1.08. The molecule has 1 aliphatic heterocycles. The number of nitrogens with one attached hydrogen (secondary N) is 2. The van der Waals surface area contributed by atoms with Crippen LogP contribution in [0.5, 0.6) is 0 Å². The Morgan fingerprint density at radius 2 is 2.28 bits per heavy atom. The molecule has 2 rings (SSSR count). The van der Waals surface area contributed by atoms with E-state index in [2.05, 4.69) is 16.6 Å². The summed E-state index contributed by atoms with van der Waals surface area (Å²) in [5.74, 6) is 1.88. The van der Waals surface area contributed by atoms with E-state index in [9.17, 15) is 9.59 Å². The molecule has 0 bridgehead atoms. The third kappa shape index (κ3) is 2.49. The topological polar surface area (TPSA) is 78.4 Å². The number of amides is 1. The van der Waals surface area contributed by atoms with Gasteiger partial charge < -0.3 is 15.7 Å². The van der Waals surface area contributed by atoms with Crippen LogP contribution in [-0.2, 0) is 9.59 Å². The van der Waals surface area contributed by atoms with Gasteiger partial charge in [0.05, 0.1) is 6.04 Å². The Bertz CT molecular complexity index is 388. The Balaban J connectivity index is 1.95. The van der Waals surface area contributed by atoms with E-state index in [-0.39, 0.29) is 18.4 Å². The molecule has 0 aromatic rings. The predicted octanol–water partition coefficient (Wildman–Crippen LogP) is -0.0328. The summed E-state index contributed by atoms with van der Waals surface area (Å²) in [4.78, 5) is 23.0. The van der Waals surface area contributed by atoms with Crippen molar-refractivity contribution in [1.82, 2.24) is 10.6 Å². The number of aliphatic carboxylic acids is 1. The molecule has 4 atom stereocenters. The molecule has 98 valence electrons. The Morgan fingerprint density at radius 3 is 2.94 bits per heavy atom.